The van der Waals surface area contributed by atoms with E-state index in [1.165, 1.54) is 0 Å². The minimum Gasteiger partial charge on any atom is -0.478 e. The van der Waals surface area contributed by atoms with Crippen LogP contribution in [0, 0.1) is 0 Å². The molecule has 0 fully saturated rings. The second-order valence-corrected chi connectivity index (χ2v) is 1.58. The second-order valence-electron chi connectivity index (χ2n) is 0.954. The maximum atomic E-state index is 9.63. The fourth-order valence-corrected chi connectivity index (χ4v) is 0.284. The highest BCUT2D eigenvalue weighted by Gasteiger charge is 1.87. The summed E-state index contributed by atoms with van der Waals surface area (Å²) in [4.78, 5) is 9.63. The lowest BCUT2D eigenvalue weighted by Crippen LogP contribution is -1.90. The molecule has 5 nitrogen and oxygen atoms in total. The maximum Gasteiger partial charge on any atom is 0.356 e. The Hall–Kier alpha value is -0.880. The summed E-state index contributed by atoms with van der Waals surface area (Å²) in [7, 11) is 0. The topological polar surface area (TPSA) is 83.8 Å². The van der Waals surface area contributed by atoms with Crippen molar-refractivity contribution < 1.29 is 22.8 Å². The van der Waals surface area contributed by atoms with Gasteiger partial charge < -0.3 is 9.29 Å². The van der Waals surface area contributed by atoms with E-state index in [4.69, 9.17) is 9.66 Å². The van der Waals surface area contributed by atoms with E-state index < -0.39 is 17.3 Å². The summed E-state index contributed by atoms with van der Waals surface area (Å²) < 4.78 is 21.3. The van der Waals surface area contributed by atoms with Crippen LogP contribution in [0.25, 0.3) is 0 Å². The predicted molar refractivity (Wildman–Crippen MR) is 28.6 cm³/mol. The van der Waals surface area contributed by atoms with Crippen LogP contribution < -0.4 is 0 Å². The van der Waals surface area contributed by atoms with Crippen molar-refractivity contribution in [3.8, 4) is 0 Å². The van der Waals surface area contributed by atoms with Crippen LogP contribution in [0.5, 0.6) is 0 Å². The summed E-state index contributed by atoms with van der Waals surface area (Å²) in [6, 6.07) is 0. The highest BCUT2D eigenvalue weighted by Crippen LogP contribution is 1.80. The van der Waals surface area contributed by atoms with Gasteiger partial charge in [-0.05, 0) is 0 Å². The summed E-state index contributed by atoms with van der Waals surface area (Å²) in [6.45, 7) is 0. The van der Waals surface area contributed by atoms with Gasteiger partial charge in [-0.1, -0.05) is 0 Å². The molecule has 0 spiro atoms. The predicted octanol–water partition coefficient (Wildman–Crippen LogP) is -0.262. The van der Waals surface area contributed by atoms with Crippen LogP contribution in [0.2, 0.25) is 0 Å². The Morgan fingerprint density at radius 2 is 2.22 bits per heavy atom. The molecule has 0 aromatic rings. The van der Waals surface area contributed by atoms with Crippen LogP contribution >= 0.6 is 0 Å². The summed E-state index contributed by atoms with van der Waals surface area (Å²) in [5.41, 5.74) is 0. The third-order valence-electron chi connectivity index (χ3n) is 0.348. The van der Waals surface area contributed by atoms with Crippen LogP contribution in [0.3, 0.4) is 0 Å². The first-order valence-corrected chi connectivity index (χ1v) is 2.83. The number of carboxylic acids is 1. The molecule has 9 heavy (non-hydrogen) atoms. The Bertz CT molecular complexity index is 150. The third kappa shape index (κ3) is 7.12. The number of rotatable bonds is 3. The molecule has 52 valence electrons. The van der Waals surface area contributed by atoms with Crippen LogP contribution in [0.15, 0.2) is 12.3 Å². The maximum absolute atomic E-state index is 9.63. The number of hydrogen-bond acceptors (Lipinski definition) is 3. The SMILES string of the molecule is O=C(O)C=COS(=O)O. The molecule has 1 unspecified atom stereocenters. The molecule has 0 saturated heterocycles. The molecule has 0 rings (SSSR count). The Kier molecular flexibility index (Phi) is 3.65. The monoisotopic (exact) mass is 152 g/mol. The van der Waals surface area contributed by atoms with Crippen molar-refractivity contribution in [3.05, 3.63) is 12.3 Å². The van der Waals surface area contributed by atoms with Gasteiger partial charge in [-0.2, -0.15) is 4.21 Å². The lowest BCUT2D eigenvalue weighted by Gasteiger charge is -1.85. The van der Waals surface area contributed by atoms with Crippen LogP contribution in [0.4, 0.5) is 0 Å². The normalized spacial score (nSPS) is 13.4. The molecule has 1 atom stereocenters. The zero-order chi connectivity index (χ0) is 7.28. The van der Waals surface area contributed by atoms with Crippen molar-refractivity contribution in [2.75, 3.05) is 0 Å². The van der Waals surface area contributed by atoms with Gasteiger partial charge in [0.05, 0.1) is 6.08 Å². The van der Waals surface area contributed by atoms with E-state index in [1.54, 1.807) is 0 Å². The van der Waals surface area contributed by atoms with Crippen molar-refractivity contribution in [1.82, 2.24) is 0 Å². The minimum atomic E-state index is -2.43. The molecular formula is C3H4O5S. The highest BCUT2D eigenvalue weighted by molar-refractivity contribution is 7.74. The molecule has 0 aliphatic carbocycles. The van der Waals surface area contributed by atoms with Gasteiger partial charge in [0.25, 0.3) is 0 Å². The number of hydrogen-bond donors (Lipinski definition) is 2. The molecule has 0 aliphatic rings. The molecule has 0 bridgehead atoms. The molecule has 0 aromatic heterocycles. The van der Waals surface area contributed by atoms with Gasteiger partial charge in [-0.3, -0.25) is 4.55 Å². The molecule has 0 heterocycles. The van der Waals surface area contributed by atoms with Gasteiger partial charge in [0, 0.05) is 0 Å². The molecule has 2 N–H and O–H groups in total. The molecule has 0 aliphatic heterocycles. The number of carboxylic acid groups (broad SMARTS) is 1. The van der Waals surface area contributed by atoms with E-state index in [0.717, 1.165) is 0 Å². The van der Waals surface area contributed by atoms with Gasteiger partial charge in [0.1, 0.15) is 6.26 Å². The van der Waals surface area contributed by atoms with Crippen LogP contribution in [-0.4, -0.2) is 19.8 Å². The summed E-state index contributed by atoms with van der Waals surface area (Å²) >= 11 is -2.43. The van der Waals surface area contributed by atoms with E-state index >= 15 is 0 Å². The van der Waals surface area contributed by atoms with Crippen molar-refractivity contribution in [2.24, 2.45) is 0 Å². The summed E-state index contributed by atoms with van der Waals surface area (Å²) in [6.07, 6.45) is 1.23. The lowest BCUT2D eigenvalue weighted by atomic mass is 10.7. The van der Waals surface area contributed by atoms with Gasteiger partial charge in [-0.15, -0.1) is 0 Å². The average molecular weight is 152 g/mol. The zero-order valence-electron chi connectivity index (χ0n) is 4.18. The largest absolute Gasteiger partial charge is 0.478 e. The first-order valence-electron chi connectivity index (χ1n) is 1.80. The van der Waals surface area contributed by atoms with Gasteiger partial charge in [-0.25, -0.2) is 4.79 Å². The Balaban J connectivity index is 3.48. The summed E-state index contributed by atoms with van der Waals surface area (Å²) in [5, 5.41) is 7.88. The van der Waals surface area contributed by atoms with E-state index in [0.29, 0.717) is 12.3 Å². The second kappa shape index (κ2) is 4.04. The molecule has 0 saturated carbocycles. The van der Waals surface area contributed by atoms with Crippen LogP contribution in [0.1, 0.15) is 0 Å². The summed E-state index contributed by atoms with van der Waals surface area (Å²) in [5.74, 6) is -1.24. The molecule has 6 heteroatoms. The highest BCUT2D eigenvalue weighted by atomic mass is 32.2. The van der Waals surface area contributed by atoms with Crippen molar-refractivity contribution >= 4 is 17.3 Å². The van der Waals surface area contributed by atoms with E-state index in [2.05, 4.69) is 4.18 Å². The smallest absolute Gasteiger partial charge is 0.356 e. The van der Waals surface area contributed by atoms with E-state index in [1.807, 2.05) is 0 Å². The van der Waals surface area contributed by atoms with Crippen molar-refractivity contribution in [2.45, 2.75) is 0 Å². The first-order chi connectivity index (χ1) is 4.13. The molecule has 0 aromatic carbocycles. The Morgan fingerprint density at radius 3 is 2.56 bits per heavy atom. The lowest BCUT2D eigenvalue weighted by molar-refractivity contribution is -0.131. The van der Waals surface area contributed by atoms with Gasteiger partial charge >= 0.3 is 17.3 Å². The van der Waals surface area contributed by atoms with Crippen molar-refractivity contribution in [3.63, 3.8) is 0 Å². The molecule has 0 amide bonds. The Labute approximate surface area is 53.4 Å². The van der Waals surface area contributed by atoms with Crippen LogP contribution in [-0.2, 0) is 20.3 Å². The van der Waals surface area contributed by atoms with Crippen molar-refractivity contribution in [1.29, 1.82) is 0 Å². The minimum absolute atomic E-state index is 0.605. The van der Waals surface area contributed by atoms with E-state index in [9.17, 15) is 9.00 Å². The van der Waals surface area contributed by atoms with Gasteiger partial charge in [0.15, 0.2) is 0 Å². The molecule has 0 radical (unpaired) electrons. The number of aliphatic carboxylic acids is 1. The third-order valence-corrected chi connectivity index (χ3v) is 0.624. The molecular weight excluding hydrogens is 148 g/mol. The first kappa shape index (κ1) is 8.12. The van der Waals surface area contributed by atoms with E-state index in [-0.39, 0.29) is 0 Å². The number of carbonyl (C=O) groups is 1. The fourth-order valence-electron chi connectivity index (χ4n) is 0.134. The quantitative estimate of drug-likeness (QED) is 0.330. The average Bonchev–Trinajstić information content (AvgIpc) is 1.63. The standard InChI is InChI=1S/C3H4O5S/c4-3(5)1-2-8-9(6)7/h1-2H,(H,4,5)(H,6,7). The fraction of sp³-hybridized carbons (Fsp3) is 0. The zero-order valence-corrected chi connectivity index (χ0v) is 5.00. The van der Waals surface area contributed by atoms with Gasteiger partial charge in [0.2, 0.25) is 0 Å². The Morgan fingerprint density at radius 1 is 1.67 bits per heavy atom.